The number of nitrogens with zero attached hydrogens (tertiary/aromatic N) is 2. The van der Waals surface area contributed by atoms with Gasteiger partial charge in [0.05, 0.1) is 0 Å². The molecule has 1 heterocycles. The van der Waals surface area contributed by atoms with E-state index in [1.165, 1.54) is 0 Å². The van der Waals surface area contributed by atoms with Crippen molar-refractivity contribution in [3.05, 3.63) is 0 Å². The molecule has 0 spiro atoms. The van der Waals surface area contributed by atoms with Crippen LogP contribution in [-0.2, 0) is 0 Å². The SMILES string of the molecule is CNC(=O)N1CCCN1C. The maximum Gasteiger partial charge on any atom is 0.331 e. The highest BCUT2D eigenvalue weighted by Crippen LogP contribution is 2.06. The smallest absolute Gasteiger partial charge is 0.331 e. The van der Waals surface area contributed by atoms with E-state index in [0.29, 0.717) is 0 Å². The quantitative estimate of drug-likeness (QED) is 0.513. The second-order valence-corrected chi connectivity index (χ2v) is 2.41. The van der Waals surface area contributed by atoms with E-state index >= 15 is 0 Å². The number of nitrogens with one attached hydrogen (secondary N) is 1. The summed E-state index contributed by atoms with van der Waals surface area (Å²) in [6, 6.07) is -0.0139. The monoisotopic (exact) mass is 143 g/mol. The molecule has 1 aliphatic heterocycles. The molecule has 4 heteroatoms. The molecule has 0 aromatic rings. The molecule has 1 fully saturated rings. The van der Waals surface area contributed by atoms with Gasteiger partial charge in [-0.1, -0.05) is 0 Å². The van der Waals surface area contributed by atoms with Crippen molar-refractivity contribution in [3.63, 3.8) is 0 Å². The lowest BCUT2D eigenvalue weighted by Gasteiger charge is -2.22. The van der Waals surface area contributed by atoms with Crippen LogP contribution in [-0.4, -0.2) is 43.2 Å². The molecular weight excluding hydrogens is 130 g/mol. The summed E-state index contributed by atoms with van der Waals surface area (Å²) in [5, 5.41) is 6.22. The molecule has 0 bridgehead atoms. The molecule has 0 radical (unpaired) electrons. The highest BCUT2D eigenvalue weighted by molar-refractivity contribution is 5.73. The van der Waals surface area contributed by atoms with E-state index in [2.05, 4.69) is 5.32 Å². The molecule has 1 rings (SSSR count). The first kappa shape index (κ1) is 7.34. The van der Waals surface area contributed by atoms with Crippen molar-refractivity contribution in [1.29, 1.82) is 0 Å². The normalized spacial score (nSPS) is 19.6. The molecule has 0 aromatic carbocycles. The lowest BCUT2D eigenvalue weighted by molar-refractivity contribution is 0.0897. The Morgan fingerprint density at radius 2 is 2.20 bits per heavy atom. The number of amides is 2. The fourth-order valence-corrected chi connectivity index (χ4v) is 1.13. The van der Waals surface area contributed by atoms with E-state index in [1.54, 1.807) is 12.1 Å². The molecule has 2 amide bonds. The van der Waals surface area contributed by atoms with Gasteiger partial charge < -0.3 is 5.32 Å². The average Bonchev–Trinajstić information content (AvgIpc) is 2.34. The van der Waals surface area contributed by atoms with Crippen molar-refractivity contribution in [2.75, 3.05) is 27.2 Å². The molecule has 0 atom stereocenters. The summed E-state index contributed by atoms with van der Waals surface area (Å²) in [5.74, 6) is 0. The van der Waals surface area contributed by atoms with Crippen LogP contribution in [0, 0.1) is 0 Å². The predicted molar refractivity (Wildman–Crippen MR) is 38.4 cm³/mol. The topological polar surface area (TPSA) is 35.6 Å². The van der Waals surface area contributed by atoms with Gasteiger partial charge in [0.25, 0.3) is 0 Å². The Balaban J connectivity index is 2.46. The second kappa shape index (κ2) is 2.88. The molecule has 0 unspecified atom stereocenters. The summed E-state index contributed by atoms with van der Waals surface area (Å²) in [6.07, 6.45) is 1.07. The third-order valence-corrected chi connectivity index (χ3v) is 1.71. The Kier molecular flexibility index (Phi) is 2.11. The van der Waals surface area contributed by atoms with Crippen molar-refractivity contribution >= 4 is 6.03 Å². The van der Waals surface area contributed by atoms with Gasteiger partial charge in [-0.25, -0.2) is 9.80 Å². The van der Waals surface area contributed by atoms with Crippen LogP contribution in [0.3, 0.4) is 0 Å². The van der Waals surface area contributed by atoms with Gasteiger partial charge in [-0.2, -0.15) is 0 Å². The van der Waals surface area contributed by atoms with E-state index in [0.717, 1.165) is 19.5 Å². The van der Waals surface area contributed by atoms with Gasteiger partial charge in [0.1, 0.15) is 0 Å². The fraction of sp³-hybridized carbons (Fsp3) is 0.833. The van der Waals surface area contributed by atoms with Gasteiger partial charge >= 0.3 is 6.03 Å². The van der Waals surface area contributed by atoms with Gasteiger partial charge in [-0.3, -0.25) is 5.01 Å². The van der Waals surface area contributed by atoms with Crippen LogP contribution in [0.15, 0.2) is 0 Å². The van der Waals surface area contributed by atoms with Crippen molar-refractivity contribution in [3.8, 4) is 0 Å². The summed E-state index contributed by atoms with van der Waals surface area (Å²) in [4.78, 5) is 11.0. The fourth-order valence-electron chi connectivity index (χ4n) is 1.13. The Labute approximate surface area is 60.8 Å². The lowest BCUT2D eigenvalue weighted by atomic mass is 10.5. The van der Waals surface area contributed by atoms with Crippen molar-refractivity contribution in [2.24, 2.45) is 0 Å². The summed E-state index contributed by atoms with van der Waals surface area (Å²) < 4.78 is 0. The second-order valence-electron chi connectivity index (χ2n) is 2.41. The first-order valence-corrected chi connectivity index (χ1v) is 3.46. The third-order valence-electron chi connectivity index (χ3n) is 1.71. The summed E-state index contributed by atoms with van der Waals surface area (Å²) in [6.45, 7) is 1.82. The highest BCUT2D eigenvalue weighted by Gasteiger charge is 2.21. The molecule has 0 aliphatic carbocycles. The van der Waals surface area contributed by atoms with Crippen LogP contribution in [0.5, 0.6) is 0 Å². The highest BCUT2D eigenvalue weighted by atomic mass is 16.2. The Bertz CT molecular complexity index is 137. The van der Waals surface area contributed by atoms with E-state index < -0.39 is 0 Å². The Morgan fingerprint density at radius 1 is 1.50 bits per heavy atom. The van der Waals surface area contributed by atoms with Crippen LogP contribution in [0.2, 0.25) is 0 Å². The maximum atomic E-state index is 11.0. The molecule has 4 nitrogen and oxygen atoms in total. The van der Waals surface area contributed by atoms with Gasteiger partial charge in [-0.15, -0.1) is 0 Å². The lowest BCUT2D eigenvalue weighted by Crippen LogP contribution is -2.43. The van der Waals surface area contributed by atoms with Gasteiger partial charge in [0, 0.05) is 27.2 Å². The minimum absolute atomic E-state index is 0.0139. The van der Waals surface area contributed by atoms with Gasteiger partial charge in [0.15, 0.2) is 0 Å². The van der Waals surface area contributed by atoms with Crippen molar-refractivity contribution < 1.29 is 4.79 Å². The number of rotatable bonds is 0. The zero-order valence-corrected chi connectivity index (χ0v) is 6.42. The summed E-state index contributed by atoms with van der Waals surface area (Å²) >= 11 is 0. The largest absolute Gasteiger partial charge is 0.340 e. The number of hydrogen-bond donors (Lipinski definition) is 1. The molecule has 1 aliphatic rings. The predicted octanol–water partition coefficient (Wildman–Crippen LogP) is -0.122. The first-order chi connectivity index (χ1) is 4.75. The molecular formula is C6H13N3O. The molecule has 0 saturated carbocycles. The van der Waals surface area contributed by atoms with Crippen molar-refractivity contribution in [2.45, 2.75) is 6.42 Å². The summed E-state index contributed by atoms with van der Waals surface area (Å²) in [7, 11) is 3.57. The number of carbonyl (C=O) groups excluding carboxylic acids is 1. The number of carbonyl (C=O) groups is 1. The van der Waals surface area contributed by atoms with Crippen LogP contribution in [0.1, 0.15) is 6.42 Å². The third kappa shape index (κ3) is 1.21. The number of hydrazine groups is 1. The van der Waals surface area contributed by atoms with E-state index in [4.69, 9.17) is 0 Å². The summed E-state index contributed by atoms with van der Waals surface area (Å²) in [5.41, 5.74) is 0. The van der Waals surface area contributed by atoms with E-state index in [9.17, 15) is 4.79 Å². The standard InChI is InChI=1S/C6H13N3O/c1-7-6(10)9-5-3-4-8(9)2/h3-5H2,1-2H3,(H,7,10). The molecule has 0 aromatic heterocycles. The molecule has 1 N–H and O–H groups in total. The van der Waals surface area contributed by atoms with Crippen LogP contribution in [0.25, 0.3) is 0 Å². The van der Waals surface area contributed by atoms with Gasteiger partial charge in [-0.05, 0) is 6.42 Å². The molecule has 58 valence electrons. The minimum Gasteiger partial charge on any atom is -0.340 e. The Morgan fingerprint density at radius 3 is 2.60 bits per heavy atom. The zero-order chi connectivity index (χ0) is 7.56. The van der Waals surface area contributed by atoms with E-state index in [-0.39, 0.29) is 6.03 Å². The van der Waals surface area contributed by atoms with Crippen LogP contribution < -0.4 is 5.32 Å². The van der Waals surface area contributed by atoms with Crippen molar-refractivity contribution in [1.82, 2.24) is 15.3 Å². The van der Waals surface area contributed by atoms with E-state index in [1.807, 2.05) is 12.1 Å². The molecule has 10 heavy (non-hydrogen) atoms. The maximum absolute atomic E-state index is 11.0. The minimum atomic E-state index is -0.0139. The van der Waals surface area contributed by atoms with Crippen LogP contribution in [0.4, 0.5) is 4.79 Å². The molecule has 1 saturated heterocycles. The van der Waals surface area contributed by atoms with Crippen LogP contribution >= 0.6 is 0 Å². The van der Waals surface area contributed by atoms with Gasteiger partial charge in [0.2, 0.25) is 0 Å². The average molecular weight is 143 g/mol. The number of hydrogen-bond acceptors (Lipinski definition) is 2. The number of urea groups is 1. The first-order valence-electron chi connectivity index (χ1n) is 3.46. The Hall–Kier alpha value is -0.770. The zero-order valence-electron chi connectivity index (χ0n) is 6.42.